The average molecular weight is 283 g/mol. The molecule has 0 aliphatic rings. The molecule has 2 aromatic heterocycles. The van der Waals surface area contributed by atoms with E-state index in [1.165, 1.54) is 0 Å². The Balaban J connectivity index is 1.88. The second kappa shape index (κ2) is 5.09. The molecule has 0 unspecified atom stereocenters. The maximum absolute atomic E-state index is 12.3. The summed E-state index contributed by atoms with van der Waals surface area (Å²) in [6.45, 7) is 3.79. The van der Waals surface area contributed by atoms with Gasteiger partial charge < -0.3 is 4.98 Å². The number of nitrogens with one attached hydrogen (secondary N) is 1. The molecule has 0 radical (unpaired) electrons. The van der Waals surface area contributed by atoms with Crippen molar-refractivity contribution in [2.24, 2.45) is 0 Å². The Morgan fingerprint density at radius 3 is 2.50 bits per heavy atom. The number of aryl methyl sites for hydroxylation is 2. The molecule has 3 aromatic rings. The predicted molar refractivity (Wildman–Crippen MR) is 80.0 cm³/mol. The molecule has 100 valence electrons. The van der Waals surface area contributed by atoms with Crippen LogP contribution in [0.1, 0.15) is 21.9 Å². The molecule has 0 spiro atoms. The van der Waals surface area contributed by atoms with Crippen LogP contribution in [-0.2, 0) is 0 Å². The van der Waals surface area contributed by atoms with Gasteiger partial charge in [-0.2, -0.15) is 0 Å². The number of benzene rings is 1. The highest BCUT2D eigenvalue weighted by Gasteiger charge is 2.13. The first-order valence-corrected chi connectivity index (χ1v) is 7.06. The van der Waals surface area contributed by atoms with Gasteiger partial charge in [-0.05, 0) is 43.8 Å². The van der Waals surface area contributed by atoms with E-state index in [4.69, 9.17) is 0 Å². The number of thioether (sulfide) groups is 1. The lowest BCUT2D eigenvalue weighted by atomic mass is 10.2. The van der Waals surface area contributed by atoms with Crippen molar-refractivity contribution in [1.29, 1.82) is 0 Å². The first-order valence-electron chi connectivity index (χ1n) is 6.24. The zero-order valence-corrected chi connectivity index (χ0v) is 12.0. The molecular weight excluding hydrogens is 270 g/mol. The molecule has 0 saturated carbocycles. The summed E-state index contributed by atoms with van der Waals surface area (Å²) in [6, 6.07) is 11.5. The molecule has 2 heterocycles. The van der Waals surface area contributed by atoms with Crippen LogP contribution >= 0.6 is 11.8 Å². The maximum atomic E-state index is 12.3. The van der Waals surface area contributed by atoms with Crippen molar-refractivity contribution in [2.75, 3.05) is 0 Å². The molecule has 0 amide bonds. The van der Waals surface area contributed by atoms with Crippen LogP contribution in [0.3, 0.4) is 0 Å². The molecular formula is C15H13N3OS. The number of fused-ring (bicyclic) bond motifs is 1. The van der Waals surface area contributed by atoms with Gasteiger partial charge in [0.15, 0.2) is 5.16 Å². The van der Waals surface area contributed by atoms with Gasteiger partial charge in [-0.25, -0.2) is 9.97 Å². The molecule has 5 heteroatoms. The fourth-order valence-corrected chi connectivity index (χ4v) is 2.83. The largest absolute Gasteiger partial charge is 0.351 e. The van der Waals surface area contributed by atoms with Crippen LogP contribution < -0.4 is 0 Å². The Morgan fingerprint density at radius 1 is 1.10 bits per heavy atom. The van der Waals surface area contributed by atoms with Gasteiger partial charge in [0, 0.05) is 22.3 Å². The predicted octanol–water partition coefficient (Wildman–Crippen LogP) is 3.51. The Bertz CT molecular complexity index is 741. The molecule has 0 bridgehead atoms. The van der Waals surface area contributed by atoms with Gasteiger partial charge in [-0.15, -0.1) is 0 Å². The van der Waals surface area contributed by atoms with Crippen molar-refractivity contribution in [1.82, 2.24) is 15.0 Å². The minimum Gasteiger partial charge on any atom is -0.351 e. The van der Waals surface area contributed by atoms with E-state index in [9.17, 15) is 4.79 Å². The summed E-state index contributed by atoms with van der Waals surface area (Å²) in [4.78, 5) is 23.9. The molecule has 1 aromatic carbocycles. The topological polar surface area (TPSA) is 58.6 Å². The Labute approximate surface area is 120 Å². The Morgan fingerprint density at radius 2 is 1.80 bits per heavy atom. The molecule has 0 saturated heterocycles. The van der Waals surface area contributed by atoms with Gasteiger partial charge in [-0.1, -0.05) is 18.2 Å². The third-order valence-corrected chi connectivity index (χ3v) is 3.67. The van der Waals surface area contributed by atoms with Gasteiger partial charge in [-0.3, -0.25) is 4.79 Å². The highest BCUT2D eigenvalue weighted by Crippen LogP contribution is 2.22. The number of hydrogen-bond acceptors (Lipinski definition) is 4. The third kappa shape index (κ3) is 2.58. The lowest BCUT2D eigenvalue weighted by Crippen LogP contribution is -1.98. The van der Waals surface area contributed by atoms with Gasteiger partial charge >= 0.3 is 0 Å². The summed E-state index contributed by atoms with van der Waals surface area (Å²) in [5.41, 5.74) is 3.26. The fraction of sp³-hybridized carbons (Fsp3) is 0.133. The number of carbonyl (C=O) groups excluding carboxylic acids is 1. The number of carbonyl (C=O) groups is 1. The van der Waals surface area contributed by atoms with E-state index in [2.05, 4.69) is 15.0 Å². The summed E-state index contributed by atoms with van der Waals surface area (Å²) in [6.07, 6.45) is 0. The normalized spacial score (nSPS) is 10.9. The van der Waals surface area contributed by atoms with Crippen molar-refractivity contribution >= 4 is 27.8 Å². The second-order valence-corrected chi connectivity index (χ2v) is 5.53. The minimum absolute atomic E-state index is 0.0776. The summed E-state index contributed by atoms with van der Waals surface area (Å²) < 4.78 is 0. The number of hydrogen-bond donors (Lipinski definition) is 1. The van der Waals surface area contributed by atoms with Gasteiger partial charge in [0.05, 0.1) is 5.69 Å². The monoisotopic (exact) mass is 283 g/mol. The highest BCUT2D eigenvalue weighted by molar-refractivity contribution is 8.14. The second-order valence-electron chi connectivity index (χ2n) is 4.59. The lowest BCUT2D eigenvalue weighted by Gasteiger charge is -2.00. The van der Waals surface area contributed by atoms with Crippen LogP contribution in [0.5, 0.6) is 0 Å². The molecule has 3 rings (SSSR count). The van der Waals surface area contributed by atoms with Gasteiger partial charge in [0.25, 0.3) is 0 Å². The Hall–Kier alpha value is -2.14. The van der Waals surface area contributed by atoms with E-state index < -0.39 is 0 Å². The number of H-pyrrole nitrogens is 1. The standard InChI is InChI=1S/C15H13N3OS/c1-9-7-10(2)17-15(16-9)20-14(19)13-8-11-5-3-4-6-12(11)18-13/h3-8,18H,1-2H3. The highest BCUT2D eigenvalue weighted by atomic mass is 32.2. The number of para-hydroxylation sites is 1. The molecule has 4 nitrogen and oxygen atoms in total. The SMILES string of the molecule is Cc1cc(C)nc(SC(=O)c2cc3ccccc3[nH]2)n1. The van der Waals surface area contributed by atoms with Crippen LogP contribution in [0, 0.1) is 13.8 Å². The zero-order valence-electron chi connectivity index (χ0n) is 11.2. The maximum Gasteiger partial charge on any atom is 0.243 e. The van der Waals surface area contributed by atoms with E-state index in [0.717, 1.165) is 34.1 Å². The van der Waals surface area contributed by atoms with E-state index in [1.54, 1.807) is 0 Å². The number of rotatable bonds is 2. The summed E-state index contributed by atoms with van der Waals surface area (Å²) in [5.74, 6) is 0. The van der Waals surface area contributed by atoms with Crippen LogP contribution in [0.25, 0.3) is 10.9 Å². The van der Waals surface area contributed by atoms with Gasteiger partial charge in [0.2, 0.25) is 5.12 Å². The first-order chi connectivity index (χ1) is 9.61. The smallest absolute Gasteiger partial charge is 0.243 e. The molecule has 0 aliphatic heterocycles. The quantitative estimate of drug-likeness (QED) is 0.577. The van der Waals surface area contributed by atoms with Crippen LogP contribution in [0.2, 0.25) is 0 Å². The first kappa shape index (κ1) is 12.9. The Kier molecular flexibility index (Phi) is 3.28. The van der Waals surface area contributed by atoms with Crippen LogP contribution in [0.4, 0.5) is 0 Å². The van der Waals surface area contributed by atoms with E-state index in [1.807, 2.05) is 50.2 Å². The molecule has 1 N–H and O–H groups in total. The number of aromatic nitrogens is 3. The lowest BCUT2D eigenvalue weighted by molar-refractivity contribution is 0.108. The molecule has 0 fully saturated rings. The molecule has 0 atom stereocenters. The summed E-state index contributed by atoms with van der Waals surface area (Å²) in [7, 11) is 0. The van der Waals surface area contributed by atoms with E-state index in [0.29, 0.717) is 10.9 Å². The number of aromatic amines is 1. The average Bonchev–Trinajstić information content (AvgIpc) is 2.81. The van der Waals surface area contributed by atoms with Crippen molar-refractivity contribution < 1.29 is 4.79 Å². The van der Waals surface area contributed by atoms with Gasteiger partial charge in [0.1, 0.15) is 0 Å². The van der Waals surface area contributed by atoms with E-state index >= 15 is 0 Å². The molecule has 0 aliphatic carbocycles. The van der Waals surface area contributed by atoms with Crippen molar-refractivity contribution in [3.63, 3.8) is 0 Å². The molecule has 20 heavy (non-hydrogen) atoms. The van der Waals surface area contributed by atoms with E-state index in [-0.39, 0.29) is 5.12 Å². The van der Waals surface area contributed by atoms with Crippen LogP contribution in [-0.4, -0.2) is 20.1 Å². The van der Waals surface area contributed by atoms with Crippen molar-refractivity contribution in [3.05, 3.63) is 53.5 Å². The fourth-order valence-electron chi connectivity index (χ4n) is 2.06. The minimum atomic E-state index is -0.0776. The zero-order chi connectivity index (χ0) is 14.1. The number of nitrogens with zero attached hydrogens (tertiary/aromatic N) is 2. The van der Waals surface area contributed by atoms with Crippen molar-refractivity contribution in [3.8, 4) is 0 Å². The summed E-state index contributed by atoms with van der Waals surface area (Å²) in [5, 5.41) is 1.44. The third-order valence-electron chi connectivity index (χ3n) is 2.90. The van der Waals surface area contributed by atoms with Crippen molar-refractivity contribution in [2.45, 2.75) is 19.0 Å². The summed E-state index contributed by atoms with van der Waals surface area (Å²) >= 11 is 1.05. The van der Waals surface area contributed by atoms with Crippen LogP contribution in [0.15, 0.2) is 41.6 Å².